The van der Waals surface area contributed by atoms with Gasteiger partial charge in [-0.2, -0.15) is 0 Å². The predicted molar refractivity (Wildman–Crippen MR) is 73.1 cm³/mol. The molecule has 108 valence electrons. The molecule has 1 fully saturated rings. The van der Waals surface area contributed by atoms with E-state index in [1.165, 1.54) is 0 Å². The Hall–Kier alpha value is -2.04. The van der Waals surface area contributed by atoms with E-state index in [0.29, 0.717) is 6.54 Å². The predicted octanol–water partition coefficient (Wildman–Crippen LogP) is 1.65. The maximum Gasteiger partial charge on any atom is 0.309 e. The molecule has 1 aromatic carbocycles. The number of rotatable bonds is 6. The summed E-state index contributed by atoms with van der Waals surface area (Å²) in [5.41, 5.74) is 0.879. The van der Waals surface area contributed by atoms with Gasteiger partial charge in [-0.15, -0.1) is 0 Å². The number of carbonyl (C=O) groups excluding carboxylic acids is 2. The number of ether oxygens (including phenoxy) is 2. The van der Waals surface area contributed by atoms with Crippen molar-refractivity contribution >= 4 is 11.9 Å². The Morgan fingerprint density at radius 1 is 1.35 bits per heavy atom. The van der Waals surface area contributed by atoms with Crippen molar-refractivity contribution in [3.8, 4) is 5.75 Å². The van der Waals surface area contributed by atoms with E-state index in [9.17, 15) is 9.59 Å². The number of carbonyl (C=O) groups is 2. The van der Waals surface area contributed by atoms with Crippen LogP contribution >= 0.6 is 0 Å². The number of esters is 1. The molecule has 1 saturated carbocycles. The summed E-state index contributed by atoms with van der Waals surface area (Å²) in [5, 5.41) is 2.74. The van der Waals surface area contributed by atoms with Gasteiger partial charge in [-0.3, -0.25) is 9.59 Å². The van der Waals surface area contributed by atoms with Gasteiger partial charge in [-0.05, 0) is 25.8 Å². The first-order valence-electron chi connectivity index (χ1n) is 6.72. The number of amides is 1. The Morgan fingerprint density at radius 3 is 2.70 bits per heavy atom. The van der Waals surface area contributed by atoms with Crippen LogP contribution in [0.4, 0.5) is 0 Å². The first-order chi connectivity index (χ1) is 9.61. The van der Waals surface area contributed by atoms with Gasteiger partial charge in [0.05, 0.1) is 13.0 Å². The monoisotopic (exact) mass is 277 g/mol. The summed E-state index contributed by atoms with van der Waals surface area (Å²) in [6, 6.07) is 7.45. The summed E-state index contributed by atoms with van der Waals surface area (Å²) in [5.74, 6) is 0.143. The topological polar surface area (TPSA) is 64.6 Å². The van der Waals surface area contributed by atoms with Gasteiger partial charge < -0.3 is 14.8 Å². The summed E-state index contributed by atoms with van der Waals surface area (Å²) in [6.45, 7) is 1.92. The first kappa shape index (κ1) is 14.4. The fourth-order valence-corrected chi connectivity index (χ4v) is 1.82. The lowest BCUT2D eigenvalue weighted by Crippen LogP contribution is -2.35. The number of hydrogen-bond donors (Lipinski definition) is 1. The Bertz CT molecular complexity index is 496. The van der Waals surface area contributed by atoms with Gasteiger partial charge in [-0.25, -0.2) is 0 Å². The summed E-state index contributed by atoms with van der Waals surface area (Å²) in [6.07, 6.45) is 0.973. The fourth-order valence-electron chi connectivity index (χ4n) is 1.82. The smallest absolute Gasteiger partial charge is 0.309 e. The molecule has 0 unspecified atom stereocenters. The Labute approximate surface area is 118 Å². The minimum atomic E-state index is -0.766. The van der Waals surface area contributed by atoms with Crippen LogP contribution in [0.1, 0.15) is 25.3 Å². The molecule has 1 atom stereocenters. The van der Waals surface area contributed by atoms with Crippen molar-refractivity contribution in [2.75, 3.05) is 7.11 Å². The molecule has 1 N–H and O–H groups in total. The number of para-hydroxylation sites is 1. The highest BCUT2D eigenvalue weighted by Crippen LogP contribution is 2.30. The molecule has 5 nitrogen and oxygen atoms in total. The van der Waals surface area contributed by atoms with E-state index in [0.717, 1.165) is 24.2 Å². The highest BCUT2D eigenvalue weighted by Gasteiger charge is 2.33. The molecule has 0 aromatic heterocycles. The normalized spacial score (nSPS) is 15.3. The molecule has 1 aromatic rings. The molecule has 0 radical (unpaired) electrons. The van der Waals surface area contributed by atoms with E-state index < -0.39 is 6.10 Å². The van der Waals surface area contributed by atoms with Crippen molar-refractivity contribution in [1.29, 1.82) is 0 Å². The maximum absolute atomic E-state index is 11.9. The molecule has 20 heavy (non-hydrogen) atoms. The average molecular weight is 277 g/mol. The van der Waals surface area contributed by atoms with Crippen molar-refractivity contribution in [3.05, 3.63) is 29.8 Å². The highest BCUT2D eigenvalue weighted by atomic mass is 16.5. The number of nitrogens with one attached hydrogen (secondary N) is 1. The lowest BCUT2D eigenvalue weighted by molar-refractivity contribution is -0.156. The minimum Gasteiger partial charge on any atom is -0.496 e. The summed E-state index contributed by atoms with van der Waals surface area (Å²) >= 11 is 0. The molecule has 0 spiro atoms. The average Bonchev–Trinajstić information content (AvgIpc) is 3.29. The molecule has 5 heteroatoms. The third-order valence-electron chi connectivity index (χ3n) is 3.22. The van der Waals surface area contributed by atoms with Crippen LogP contribution < -0.4 is 10.1 Å². The van der Waals surface area contributed by atoms with Gasteiger partial charge in [0.2, 0.25) is 0 Å². The van der Waals surface area contributed by atoms with Crippen LogP contribution in [0.15, 0.2) is 24.3 Å². The molecule has 0 heterocycles. The van der Waals surface area contributed by atoms with Crippen LogP contribution in [0.2, 0.25) is 0 Å². The van der Waals surface area contributed by atoms with Crippen LogP contribution in [0, 0.1) is 5.92 Å². The molecule has 1 aliphatic rings. The second-order valence-electron chi connectivity index (χ2n) is 4.88. The largest absolute Gasteiger partial charge is 0.496 e. The number of hydrogen-bond acceptors (Lipinski definition) is 4. The molecule has 0 saturated heterocycles. The second-order valence-corrected chi connectivity index (χ2v) is 4.88. The first-order valence-corrected chi connectivity index (χ1v) is 6.72. The quantitative estimate of drug-likeness (QED) is 0.803. The second kappa shape index (κ2) is 6.41. The molecule has 1 amide bonds. The Balaban J connectivity index is 1.83. The van der Waals surface area contributed by atoms with E-state index in [1.807, 2.05) is 24.3 Å². The molecule has 1 aliphatic carbocycles. The van der Waals surface area contributed by atoms with Gasteiger partial charge in [0.15, 0.2) is 6.10 Å². The lowest BCUT2D eigenvalue weighted by atomic mass is 10.2. The standard InChI is InChI=1S/C15H19NO4/c1-10(20-15(18)11-7-8-11)14(17)16-9-12-5-3-4-6-13(12)19-2/h3-6,10-11H,7-9H2,1-2H3,(H,16,17)/t10-/m0/s1. The molecular formula is C15H19NO4. The minimum absolute atomic E-state index is 0.000493. The van der Waals surface area contributed by atoms with Crippen LogP contribution in [0.25, 0.3) is 0 Å². The third kappa shape index (κ3) is 3.73. The number of benzene rings is 1. The molecule has 0 bridgehead atoms. The van der Waals surface area contributed by atoms with Gasteiger partial charge in [0, 0.05) is 12.1 Å². The summed E-state index contributed by atoms with van der Waals surface area (Å²) in [7, 11) is 1.58. The third-order valence-corrected chi connectivity index (χ3v) is 3.22. The van der Waals surface area contributed by atoms with E-state index in [1.54, 1.807) is 14.0 Å². The van der Waals surface area contributed by atoms with Crippen LogP contribution in [0.3, 0.4) is 0 Å². The molecular weight excluding hydrogens is 258 g/mol. The van der Waals surface area contributed by atoms with E-state index in [2.05, 4.69) is 5.32 Å². The van der Waals surface area contributed by atoms with Gasteiger partial charge in [0.1, 0.15) is 5.75 Å². The van der Waals surface area contributed by atoms with Crippen LogP contribution in [-0.4, -0.2) is 25.1 Å². The zero-order valence-corrected chi connectivity index (χ0v) is 11.7. The molecule has 2 rings (SSSR count). The van der Waals surface area contributed by atoms with Crippen molar-refractivity contribution in [2.24, 2.45) is 5.92 Å². The summed E-state index contributed by atoms with van der Waals surface area (Å²) in [4.78, 5) is 23.3. The van der Waals surface area contributed by atoms with Crippen molar-refractivity contribution in [1.82, 2.24) is 5.32 Å². The van der Waals surface area contributed by atoms with E-state index in [4.69, 9.17) is 9.47 Å². The van der Waals surface area contributed by atoms with Crippen LogP contribution in [-0.2, 0) is 20.9 Å². The number of methoxy groups -OCH3 is 1. The van der Waals surface area contributed by atoms with E-state index >= 15 is 0 Å². The zero-order valence-electron chi connectivity index (χ0n) is 11.7. The Morgan fingerprint density at radius 2 is 2.05 bits per heavy atom. The van der Waals surface area contributed by atoms with Gasteiger partial charge >= 0.3 is 5.97 Å². The molecule has 0 aliphatic heterocycles. The van der Waals surface area contributed by atoms with Crippen molar-refractivity contribution in [3.63, 3.8) is 0 Å². The Kier molecular flexibility index (Phi) is 4.61. The van der Waals surface area contributed by atoms with Crippen molar-refractivity contribution < 1.29 is 19.1 Å². The highest BCUT2D eigenvalue weighted by molar-refractivity contribution is 5.84. The zero-order chi connectivity index (χ0) is 14.5. The lowest BCUT2D eigenvalue weighted by Gasteiger charge is -2.14. The SMILES string of the molecule is COc1ccccc1CNC(=O)[C@H](C)OC(=O)C1CC1. The van der Waals surface area contributed by atoms with E-state index in [-0.39, 0.29) is 17.8 Å². The van der Waals surface area contributed by atoms with Gasteiger partial charge in [-0.1, -0.05) is 18.2 Å². The fraction of sp³-hybridized carbons (Fsp3) is 0.467. The maximum atomic E-state index is 11.9. The van der Waals surface area contributed by atoms with Gasteiger partial charge in [0.25, 0.3) is 5.91 Å². The van der Waals surface area contributed by atoms with Crippen LogP contribution in [0.5, 0.6) is 5.75 Å². The summed E-state index contributed by atoms with van der Waals surface area (Å²) < 4.78 is 10.3. The van der Waals surface area contributed by atoms with Crippen molar-refractivity contribution in [2.45, 2.75) is 32.4 Å².